The summed E-state index contributed by atoms with van der Waals surface area (Å²) in [6.45, 7) is 1.08. The summed E-state index contributed by atoms with van der Waals surface area (Å²) in [6.07, 6.45) is 6.06. The Hall–Kier alpha value is -1.82. The average molecular weight is 304 g/mol. The Labute approximate surface area is 128 Å². The molecule has 6 nitrogen and oxygen atoms in total. The predicted molar refractivity (Wildman–Crippen MR) is 77.2 cm³/mol. The molecular formula is C16H20N2O4. The fourth-order valence-electron chi connectivity index (χ4n) is 3.43. The summed E-state index contributed by atoms with van der Waals surface area (Å²) < 4.78 is 11.1. The second-order valence-electron chi connectivity index (χ2n) is 6.60. The molecule has 2 aliphatic heterocycles. The average Bonchev–Trinajstić information content (AvgIpc) is 3.08. The predicted octanol–water partition coefficient (Wildman–Crippen LogP) is 1.32. The van der Waals surface area contributed by atoms with Gasteiger partial charge in [-0.2, -0.15) is 0 Å². The van der Waals surface area contributed by atoms with E-state index >= 15 is 0 Å². The van der Waals surface area contributed by atoms with Crippen molar-refractivity contribution in [2.75, 3.05) is 13.1 Å². The van der Waals surface area contributed by atoms with Gasteiger partial charge in [-0.1, -0.05) is 0 Å². The second kappa shape index (κ2) is 5.12. The highest BCUT2D eigenvalue weighted by Crippen LogP contribution is 2.39. The molecule has 1 aromatic rings. The van der Waals surface area contributed by atoms with Crippen LogP contribution in [-0.4, -0.2) is 47.6 Å². The van der Waals surface area contributed by atoms with E-state index < -0.39 is 0 Å². The van der Waals surface area contributed by atoms with Crippen LogP contribution in [0, 0.1) is 0 Å². The Balaban J connectivity index is 1.30. The Morgan fingerprint density at radius 3 is 2.73 bits per heavy atom. The summed E-state index contributed by atoms with van der Waals surface area (Å²) in [4.78, 5) is 26.0. The third-order valence-corrected chi connectivity index (χ3v) is 4.98. The Morgan fingerprint density at radius 2 is 2.09 bits per heavy atom. The molecule has 1 aliphatic carbocycles. The van der Waals surface area contributed by atoms with Crippen molar-refractivity contribution in [2.45, 2.75) is 49.9 Å². The van der Waals surface area contributed by atoms with Gasteiger partial charge in [0.2, 0.25) is 5.91 Å². The fraction of sp³-hybridized carbons (Fsp3) is 0.625. The van der Waals surface area contributed by atoms with Crippen LogP contribution in [-0.2, 0) is 9.53 Å². The smallest absolute Gasteiger partial charge is 0.289 e. The number of ether oxygens (including phenoxy) is 1. The molecule has 3 fully saturated rings. The maximum Gasteiger partial charge on any atom is 0.289 e. The summed E-state index contributed by atoms with van der Waals surface area (Å²) in [5.41, 5.74) is -0.329. The van der Waals surface area contributed by atoms with Gasteiger partial charge in [-0.05, 0) is 44.2 Å². The number of rotatable bonds is 3. The van der Waals surface area contributed by atoms with Gasteiger partial charge in [0, 0.05) is 6.04 Å². The van der Waals surface area contributed by atoms with Crippen LogP contribution in [0.25, 0.3) is 0 Å². The molecule has 1 N–H and O–H groups in total. The van der Waals surface area contributed by atoms with E-state index in [2.05, 4.69) is 5.32 Å². The largest absolute Gasteiger partial charge is 0.459 e. The van der Waals surface area contributed by atoms with Crippen LogP contribution in [0.4, 0.5) is 0 Å². The molecule has 0 unspecified atom stereocenters. The maximum atomic E-state index is 12.1. The standard InChI is InChI=1S/C16H20N2O4/c19-14(17-11-3-1-4-11)12-6-7-16(22-12)9-18(10-16)15(20)13-5-2-8-21-13/h2,5,8,11-12H,1,3-4,6-7,9-10H2,(H,17,19)/t12-/m0/s1. The fourth-order valence-corrected chi connectivity index (χ4v) is 3.43. The minimum atomic E-state index is -0.360. The molecule has 0 bridgehead atoms. The molecule has 3 heterocycles. The van der Waals surface area contributed by atoms with Crippen molar-refractivity contribution in [3.05, 3.63) is 24.2 Å². The summed E-state index contributed by atoms with van der Waals surface area (Å²) >= 11 is 0. The number of carbonyl (C=O) groups is 2. The topological polar surface area (TPSA) is 71.8 Å². The first kappa shape index (κ1) is 13.8. The van der Waals surface area contributed by atoms with Crippen LogP contribution in [0.15, 0.2) is 22.8 Å². The van der Waals surface area contributed by atoms with Crippen LogP contribution in [0.3, 0.4) is 0 Å². The highest BCUT2D eigenvalue weighted by atomic mass is 16.5. The number of nitrogens with zero attached hydrogens (tertiary/aromatic N) is 1. The molecule has 1 spiro atoms. The van der Waals surface area contributed by atoms with Gasteiger partial charge in [0.15, 0.2) is 5.76 Å². The lowest BCUT2D eigenvalue weighted by molar-refractivity contribution is -0.151. The molecule has 3 aliphatic rings. The van der Waals surface area contributed by atoms with Gasteiger partial charge in [0.25, 0.3) is 5.91 Å². The van der Waals surface area contributed by atoms with Crippen LogP contribution >= 0.6 is 0 Å². The summed E-state index contributed by atoms with van der Waals surface area (Å²) in [7, 11) is 0. The third kappa shape index (κ3) is 2.31. The SMILES string of the molecule is O=C(NC1CCC1)[C@@H]1CCC2(CN(C(=O)c3ccco3)C2)O1. The third-order valence-electron chi connectivity index (χ3n) is 4.98. The monoisotopic (exact) mass is 304 g/mol. The Bertz CT molecular complexity index is 573. The van der Waals surface area contributed by atoms with E-state index in [0.29, 0.717) is 24.9 Å². The first-order chi connectivity index (χ1) is 10.7. The number of hydrogen-bond donors (Lipinski definition) is 1. The van der Waals surface area contributed by atoms with Crippen molar-refractivity contribution in [3.63, 3.8) is 0 Å². The minimum absolute atomic E-state index is 0.0115. The highest BCUT2D eigenvalue weighted by Gasteiger charge is 2.53. The summed E-state index contributed by atoms with van der Waals surface area (Å²) in [5.74, 6) is 0.256. The van der Waals surface area contributed by atoms with E-state index in [4.69, 9.17) is 9.15 Å². The number of nitrogens with one attached hydrogen (secondary N) is 1. The van der Waals surface area contributed by atoms with Gasteiger partial charge in [-0.25, -0.2) is 0 Å². The van der Waals surface area contributed by atoms with Crippen LogP contribution < -0.4 is 5.32 Å². The minimum Gasteiger partial charge on any atom is -0.459 e. The first-order valence-electron chi connectivity index (χ1n) is 7.96. The molecule has 1 saturated carbocycles. The van der Waals surface area contributed by atoms with Crippen molar-refractivity contribution < 1.29 is 18.7 Å². The molecular weight excluding hydrogens is 284 g/mol. The normalized spacial score (nSPS) is 26.5. The Morgan fingerprint density at radius 1 is 1.27 bits per heavy atom. The lowest BCUT2D eigenvalue weighted by Crippen LogP contribution is -2.63. The lowest BCUT2D eigenvalue weighted by atomic mass is 9.90. The number of carbonyl (C=O) groups excluding carboxylic acids is 2. The van der Waals surface area contributed by atoms with E-state index in [0.717, 1.165) is 25.7 Å². The van der Waals surface area contributed by atoms with E-state index in [1.807, 2.05) is 0 Å². The van der Waals surface area contributed by atoms with E-state index in [1.165, 1.54) is 12.7 Å². The number of likely N-dealkylation sites (tertiary alicyclic amines) is 1. The van der Waals surface area contributed by atoms with E-state index in [-0.39, 0.29) is 23.5 Å². The van der Waals surface area contributed by atoms with Crippen molar-refractivity contribution in [1.82, 2.24) is 10.2 Å². The quantitative estimate of drug-likeness (QED) is 0.914. The molecule has 1 aromatic heterocycles. The lowest BCUT2D eigenvalue weighted by Gasteiger charge is -2.47. The van der Waals surface area contributed by atoms with Gasteiger partial charge in [-0.3, -0.25) is 9.59 Å². The number of furan rings is 1. The van der Waals surface area contributed by atoms with Crippen LogP contribution in [0.1, 0.15) is 42.7 Å². The molecule has 22 heavy (non-hydrogen) atoms. The molecule has 4 rings (SSSR count). The van der Waals surface area contributed by atoms with Gasteiger partial charge >= 0.3 is 0 Å². The van der Waals surface area contributed by atoms with Gasteiger partial charge in [-0.15, -0.1) is 0 Å². The molecule has 0 aromatic carbocycles. The van der Waals surface area contributed by atoms with Crippen LogP contribution in [0.5, 0.6) is 0 Å². The maximum absolute atomic E-state index is 12.1. The number of amides is 2. The van der Waals surface area contributed by atoms with Crippen molar-refractivity contribution in [2.24, 2.45) is 0 Å². The highest BCUT2D eigenvalue weighted by molar-refractivity contribution is 5.92. The Kier molecular flexibility index (Phi) is 3.22. The number of hydrogen-bond acceptors (Lipinski definition) is 4. The zero-order valence-corrected chi connectivity index (χ0v) is 12.4. The van der Waals surface area contributed by atoms with Crippen molar-refractivity contribution >= 4 is 11.8 Å². The molecule has 2 amide bonds. The van der Waals surface area contributed by atoms with Gasteiger partial charge < -0.3 is 19.4 Å². The van der Waals surface area contributed by atoms with E-state index in [1.54, 1.807) is 17.0 Å². The van der Waals surface area contributed by atoms with Crippen molar-refractivity contribution in [1.29, 1.82) is 0 Å². The second-order valence-corrected chi connectivity index (χ2v) is 6.60. The molecule has 118 valence electrons. The van der Waals surface area contributed by atoms with Crippen molar-refractivity contribution in [3.8, 4) is 0 Å². The molecule has 2 saturated heterocycles. The molecule has 0 radical (unpaired) electrons. The zero-order chi connectivity index (χ0) is 15.2. The summed E-state index contributed by atoms with van der Waals surface area (Å²) in [6, 6.07) is 3.71. The zero-order valence-electron chi connectivity index (χ0n) is 12.4. The van der Waals surface area contributed by atoms with Gasteiger partial charge in [0.05, 0.1) is 19.4 Å². The van der Waals surface area contributed by atoms with Crippen LogP contribution in [0.2, 0.25) is 0 Å². The van der Waals surface area contributed by atoms with Gasteiger partial charge in [0.1, 0.15) is 11.7 Å². The molecule has 1 atom stereocenters. The first-order valence-corrected chi connectivity index (χ1v) is 7.96. The van der Waals surface area contributed by atoms with E-state index in [9.17, 15) is 9.59 Å². The summed E-state index contributed by atoms with van der Waals surface area (Å²) in [5, 5.41) is 3.04. The molecule has 6 heteroatoms.